The number of aliphatic hydroxyl groups is 3. The van der Waals surface area contributed by atoms with Gasteiger partial charge in [0, 0.05) is 99.3 Å². The van der Waals surface area contributed by atoms with Gasteiger partial charge in [-0.1, -0.05) is 253 Å². The molecule has 6 aliphatic carbocycles. The zero-order valence-corrected chi connectivity index (χ0v) is 73.5. The summed E-state index contributed by atoms with van der Waals surface area (Å²) in [5.74, 6) is -3.98. The first-order chi connectivity index (χ1) is 60.9. The molecule has 5 aromatic heterocycles. The molecule has 0 amide bonds. The number of para-hydroxylation sites is 1. The number of carboxylic acids is 1. The number of hydrogen-bond acceptors (Lipinski definition) is 21. The fourth-order valence-electron chi connectivity index (χ4n) is 17.6. The third kappa shape index (κ3) is 24.7. The molecule has 9 aromatic rings. The number of unbranched alkanes of at least 4 members (excludes halogenated alkanes) is 4. The number of ketones is 9. The summed E-state index contributed by atoms with van der Waals surface area (Å²) < 4.78 is 3.94. The predicted molar refractivity (Wildman–Crippen MR) is 486 cm³/mol. The van der Waals surface area contributed by atoms with Gasteiger partial charge in [-0.25, -0.2) is 0 Å². The van der Waals surface area contributed by atoms with Crippen molar-refractivity contribution in [2.24, 2.45) is 30.7 Å². The predicted octanol–water partition coefficient (Wildman–Crippen LogP) is 18.5. The molecule has 0 aliphatic heterocycles. The number of pyridine rings is 3. The average molecular weight is 1730 g/mol. The van der Waals surface area contributed by atoms with E-state index < -0.39 is 40.2 Å². The van der Waals surface area contributed by atoms with Crippen LogP contribution in [-0.4, -0.2) is 117 Å². The molecule has 0 saturated heterocycles. The highest BCUT2D eigenvalue weighted by molar-refractivity contribution is 6.28. The van der Waals surface area contributed by atoms with Crippen LogP contribution in [0, 0.1) is 37.5 Å². The topological polar surface area (TPSA) is 403 Å². The van der Waals surface area contributed by atoms with E-state index in [-0.39, 0.29) is 147 Å². The summed E-state index contributed by atoms with van der Waals surface area (Å²) in [6.07, 6.45) is 30.6. The number of hydrogen-bond donors (Lipinski definition) is 7. The van der Waals surface area contributed by atoms with Crippen molar-refractivity contribution in [1.29, 1.82) is 0 Å². The fourth-order valence-corrected chi connectivity index (χ4v) is 17.6. The summed E-state index contributed by atoms with van der Waals surface area (Å²) in [7, 11) is 1.50. The number of benzene rings is 4. The Balaban J connectivity index is 0.000000159. The van der Waals surface area contributed by atoms with Crippen molar-refractivity contribution in [2.75, 3.05) is 0 Å². The molecule has 15 rings (SSSR count). The summed E-state index contributed by atoms with van der Waals surface area (Å²) in [5.41, 5.74) is 4.77. The molecule has 127 heavy (non-hydrogen) atoms. The summed E-state index contributed by atoms with van der Waals surface area (Å²) in [5, 5.41) is 70.0. The Morgan fingerprint density at radius 1 is 0.409 bits per heavy atom. The van der Waals surface area contributed by atoms with Crippen LogP contribution >= 0.6 is 0 Å². The van der Waals surface area contributed by atoms with Crippen molar-refractivity contribution < 1.29 is 83.7 Å². The highest BCUT2D eigenvalue weighted by Gasteiger charge is 2.35. The molecule has 0 atom stereocenters. The second-order valence-electron chi connectivity index (χ2n) is 34.4. The van der Waals surface area contributed by atoms with Crippen molar-refractivity contribution in [2.45, 2.75) is 247 Å². The van der Waals surface area contributed by atoms with Gasteiger partial charge in [0.25, 0.3) is 16.7 Å². The molecule has 7 N–H and O–H groups in total. The van der Waals surface area contributed by atoms with E-state index >= 15 is 0 Å². The zero-order chi connectivity index (χ0) is 91.7. The maximum Gasteiger partial charge on any atom is 0.303 e. The normalized spacial score (nSPS) is 15.3. The first-order valence-electron chi connectivity index (χ1n) is 44.7. The molecule has 0 unspecified atom stereocenters. The van der Waals surface area contributed by atoms with Crippen LogP contribution in [0.3, 0.4) is 0 Å². The average Bonchev–Trinajstić information content (AvgIpc) is 0.793. The van der Waals surface area contributed by atoms with Gasteiger partial charge in [0.1, 0.15) is 67.7 Å². The lowest BCUT2D eigenvalue weighted by molar-refractivity contribution is -0.137. The maximum absolute atomic E-state index is 12.6. The lowest BCUT2D eigenvalue weighted by Crippen LogP contribution is -2.25. The molecule has 25 nitrogen and oxygen atoms in total. The quantitative estimate of drug-likeness (QED) is 0.0121. The smallest absolute Gasteiger partial charge is 0.303 e. The van der Waals surface area contributed by atoms with Gasteiger partial charge in [-0.05, 0) is 102 Å². The molecule has 25 heteroatoms. The van der Waals surface area contributed by atoms with Gasteiger partial charge in [0.2, 0.25) is 11.8 Å². The summed E-state index contributed by atoms with van der Waals surface area (Å²) in [6.45, 7) is 9.59. The Morgan fingerprint density at radius 2 is 0.803 bits per heavy atom. The maximum atomic E-state index is 12.6. The van der Waals surface area contributed by atoms with Crippen LogP contribution in [0.5, 0.6) is 17.5 Å². The minimum atomic E-state index is -1.13. The van der Waals surface area contributed by atoms with E-state index in [2.05, 4.69) is 16.9 Å². The van der Waals surface area contributed by atoms with Crippen LogP contribution in [-0.2, 0) is 59.9 Å². The standard InChI is InChI=1S/C19H24N2O3.C19H22O3.C18H22O3.C17H20N2O3.C15H16O3.C14H13NO5/c1-13-7-6-12-21-17(13)20-18(23)16(19(21)24)15(22)11-5-10-14-8-3-2-4-9-14;20-16(11-13-7-3-1-2-4-8-13)18-17(21)12-14-9-5-6-10-15(14)19(18)22;1-2-3-4-5-6-11-15(19)17-16(20)12-13-9-7-8-10-14(13)18(17)21;1-11-6-5-9-19-15(11)18-16(21)14(17(19)22)13(20)10-12-7-3-2-4-8-12;1-9(2)7-12(16)14-13(17)8-10-5-3-4-6-11(10)15(14)18;1-15-9-5-3-2-4-8(9)13(19)12(14(15)20)10(16)6-7-11(17)18/h6-7,12,14,23H,2-5,8-11H2,1H3;5-6,9-10,13,22H,1-4,7-8,11-12H2;7-10,21H,2-6,11-12H2,1H3;5-6,9,12,21H,2-4,7-8,10H2,1H3;3-6,9,18H,7-8H2,1-2H3;2-5,19H,6-7H2,1H3,(H,17,18). The molecule has 3 saturated carbocycles. The van der Waals surface area contributed by atoms with Crippen LogP contribution in [0.4, 0.5) is 0 Å². The van der Waals surface area contributed by atoms with Gasteiger partial charge in [-0.3, -0.25) is 71.1 Å². The van der Waals surface area contributed by atoms with E-state index in [1.54, 1.807) is 85.2 Å². The molecule has 0 spiro atoms. The highest BCUT2D eigenvalue weighted by atomic mass is 16.4. The molecular weight excluding hydrogens is 1620 g/mol. The minimum absolute atomic E-state index is 0.00388. The first-order valence-corrected chi connectivity index (χ1v) is 44.7. The van der Waals surface area contributed by atoms with Crippen LogP contribution in [0.1, 0.15) is 289 Å². The van der Waals surface area contributed by atoms with Gasteiger partial charge >= 0.3 is 5.97 Å². The summed E-state index contributed by atoms with van der Waals surface area (Å²) >= 11 is 0. The number of aromatic nitrogens is 5. The Morgan fingerprint density at radius 3 is 1.27 bits per heavy atom. The molecular formula is C102H117N5O20. The molecule has 0 radical (unpaired) electrons. The third-order valence-corrected chi connectivity index (χ3v) is 24.5. The number of aliphatic hydroxyl groups excluding tert-OH is 3. The van der Waals surface area contributed by atoms with Crippen molar-refractivity contribution >= 4 is 97.5 Å². The first kappa shape index (κ1) is 96.5. The number of carboxylic acid groups (broad SMARTS) is 1. The number of rotatable bonds is 25. The van der Waals surface area contributed by atoms with Crippen molar-refractivity contribution in [1.82, 2.24) is 23.3 Å². The van der Waals surface area contributed by atoms with Gasteiger partial charge < -0.3 is 40.3 Å². The van der Waals surface area contributed by atoms with Crippen LogP contribution < -0.4 is 16.7 Å². The highest BCUT2D eigenvalue weighted by Crippen LogP contribution is 2.37. The number of carbonyl (C=O) groups excluding carboxylic acids is 9. The van der Waals surface area contributed by atoms with Crippen molar-refractivity contribution in [3.63, 3.8) is 0 Å². The van der Waals surface area contributed by atoms with E-state index in [0.29, 0.717) is 82.3 Å². The van der Waals surface area contributed by atoms with E-state index in [4.69, 9.17) is 5.11 Å². The molecule has 5 heterocycles. The Kier molecular flexibility index (Phi) is 35.0. The number of nitrogens with zero attached hydrogens (tertiary/aromatic N) is 5. The van der Waals surface area contributed by atoms with Gasteiger partial charge in [-0.2, -0.15) is 9.97 Å². The largest absolute Gasteiger partial charge is 0.506 e. The van der Waals surface area contributed by atoms with E-state index in [1.807, 2.05) is 76.2 Å². The van der Waals surface area contributed by atoms with E-state index in [1.165, 1.54) is 91.0 Å². The van der Waals surface area contributed by atoms with Crippen molar-refractivity contribution in [3.8, 4) is 17.5 Å². The monoisotopic (exact) mass is 1730 g/mol. The Hall–Kier alpha value is -12.7. The summed E-state index contributed by atoms with van der Waals surface area (Å²) in [4.78, 5) is 166. The van der Waals surface area contributed by atoms with Gasteiger partial charge in [0.15, 0.2) is 52.0 Å². The second kappa shape index (κ2) is 46.0. The Bertz CT molecular complexity index is 5910. The third-order valence-electron chi connectivity index (χ3n) is 24.5. The lowest BCUT2D eigenvalue weighted by atomic mass is 9.84. The van der Waals surface area contributed by atoms with E-state index in [9.17, 15) is 93.0 Å². The number of aryl methyl sites for hydroxylation is 3. The fraction of sp³-hybridized carbons (Fsp3) is 0.422. The SMILES string of the molecule is CC(C)CC(=O)C1=C(O)c2ccccc2CC1=O.CCCCCCCC(=O)C1=C(O)c2ccccc2CC1=O.Cc1cccn2c(=O)c(C(=O)CC3CCCCC3)c(O)nc12.Cc1cccn2c(=O)c(C(=O)CCCC3CCCCC3)c(O)nc12.Cn1c(=O)c(C(=O)CCC(=O)O)c(O)c2ccccc21.O=C1Cc2ccccc2C(O)=C1C(=O)CC1CCCCCC1. The van der Waals surface area contributed by atoms with Crippen LogP contribution in [0.2, 0.25) is 0 Å². The molecule has 4 aromatic carbocycles. The molecule has 6 aliphatic rings. The Labute approximate surface area is 738 Å². The molecule has 0 bridgehead atoms. The van der Waals surface area contributed by atoms with Gasteiger partial charge in [0.05, 0.1) is 11.9 Å². The lowest BCUT2D eigenvalue weighted by Gasteiger charge is -2.21. The minimum Gasteiger partial charge on any atom is -0.506 e. The van der Waals surface area contributed by atoms with Crippen molar-refractivity contribution in [3.05, 3.63) is 243 Å². The zero-order valence-electron chi connectivity index (χ0n) is 73.5. The number of aromatic hydroxyl groups is 3. The second-order valence-corrected chi connectivity index (χ2v) is 34.4. The number of fused-ring (bicyclic) bond motifs is 6. The van der Waals surface area contributed by atoms with Gasteiger partial charge in [-0.15, -0.1) is 0 Å². The molecule has 670 valence electrons. The van der Waals surface area contributed by atoms with Crippen LogP contribution in [0.15, 0.2) is 165 Å². The van der Waals surface area contributed by atoms with E-state index in [0.717, 1.165) is 105 Å². The number of aliphatic carboxylic acids is 1. The van der Waals surface area contributed by atoms with Crippen LogP contribution in [0.25, 0.3) is 39.5 Å². The number of Topliss-reactive ketones (excluding diaryl/α,β-unsaturated/α-hetero) is 9. The number of allylic oxidation sites excluding steroid dienone is 3. The molecule has 3 fully saturated rings. The number of carbonyl (C=O) groups is 10. The summed E-state index contributed by atoms with van der Waals surface area (Å²) in [6, 6.07) is 35.4.